The van der Waals surface area contributed by atoms with Crippen LogP contribution in [0.2, 0.25) is 5.02 Å². The zero-order valence-corrected chi connectivity index (χ0v) is 17.9. The molecule has 1 saturated heterocycles. The van der Waals surface area contributed by atoms with Gasteiger partial charge in [-0.25, -0.2) is 18.1 Å². The fourth-order valence-corrected chi connectivity index (χ4v) is 5.20. The Hall–Kier alpha value is -2.09. The zero-order chi connectivity index (χ0) is 21.1. The molecule has 0 aliphatic carbocycles. The van der Waals surface area contributed by atoms with Gasteiger partial charge >= 0.3 is 0 Å². The van der Waals surface area contributed by atoms with Crippen LogP contribution in [0.1, 0.15) is 37.4 Å². The van der Waals surface area contributed by atoms with Crippen LogP contribution in [0.25, 0.3) is 0 Å². The van der Waals surface area contributed by atoms with Crippen molar-refractivity contribution in [2.24, 2.45) is 4.99 Å². The van der Waals surface area contributed by atoms with E-state index < -0.39 is 26.9 Å². The second-order valence-corrected chi connectivity index (χ2v) is 9.84. The average Bonchev–Trinajstić information content (AvgIpc) is 2.66. The van der Waals surface area contributed by atoms with Gasteiger partial charge in [-0.1, -0.05) is 54.1 Å². The Labute approximate surface area is 176 Å². The summed E-state index contributed by atoms with van der Waals surface area (Å²) in [4.78, 5) is 4.47. The van der Waals surface area contributed by atoms with Gasteiger partial charge in [0.15, 0.2) is 0 Å². The second-order valence-electron chi connectivity index (χ2n) is 7.54. The summed E-state index contributed by atoms with van der Waals surface area (Å²) >= 11 is 5.92. The fourth-order valence-electron chi connectivity index (χ4n) is 3.39. The van der Waals surface area contributed by atoms with Gasteiger partial charge in [0.2, 0.25) is 10.0 Å². The van der Waals surface area contributed by atoms with Gasteiger partial charge in [0.25, 0.3) is 6.02 Å². The first kappa shape index (κ1) is 21.6. The molecule has 1 aliphatic rings. The Kier molecular flexibility index (Phi) is 6.51. The molecule has 0 amide bonds. The number of aliphatic imine (C=N–C) groups is 1. The minimum absolute atomic E-state index is 0.0512. The Balaban J connectivity index is 1.87. The van der Waals surface area contributed by atoms with Crippen molar-refractivity contribution in [3.05, 3.63) is 70.7 Å². The minimum atomic E-state index is -3.73. The lowest BCUT2D eigenvalue weighted by Gasteiger charge is -2.39. The van der Waals surface area contributed by atoms with E-state index in [4.69, 9.17) is 16.3 Å². The Morgan fingerprint density at radius 3 is 2.41 bits per heavy atom. The fraction of sp³-hybridized carbons (Fsp3) is 0.381. The van der Waals surface area contributed by atoms with E-state index in [1.165, 1.54) is 0 Å². The number of benzene rings is 2. The van der Waals surface area contributed by atoms with Crippen LogP contribution < -0.4 is 4.72 Å². The number of amidine groups is 1. The van der Waals surface area contributed by atoms with E-state index in [1.807, 2.05) is 42.5 Å². The van der Waals surface area contributed by atoms with Gasteiger partial charge in [0, 0.05) is 11.6 Å². The molecule has 0 bridgehead atoms. The van der Waals surface area contributed by atoms with Crippen molar-refractivity contribution in [2.75, 3.05) is 6.61 Å². The predicted molar refractivity (Wildman–Crippen MR) is 114 cm³/mol. The molecule has 8 heteroatoms. The molecule has 1 fully saturated rings. The Morgan fingerprint density at radius 2 is 1.83 bits per heavy atom. The van der Waals surface area contributed by atoms with Crippen LogP contribution in [0.5, 0.6) is 0 Å². The lowest BCUT2D eigenvalue weighted by Crippen LogP contribution is -2.59. The molecule has 6 nitrogen and oxygen atoms in total. The molecule has 0 radical (unpaired) electrons. The van der Waals surface area contributed by atoms with Crippen molar-refractivity contribution in [1.29, 1.82) is 0 Å². The van der Waals surface area contributed by atoms with Crippen molar-refractivity contribution in [2.45, 2.75) is 43.6 Å². The van der Waals surface area contributed by atoms with E-state index in [2.05, 4.69) is 9.71 Å². The summed E-state index contributed by atoms with van der Waals surface area (Å²) in [6.45, 7) is 3.40. The first-order valence-corrected chi connectivity index (χ1v) is 11.3. The van der Waals surface area contributed by atoms with Crippen molar-refractivity contribution in [3.8, 4) is 0 Å². The van der Waals surface area contributed by atoms with Crippen molar-refractivity contribution in [3.63, 3.8) is 0 Å². The highest BCUT2D eigenvalue weighted by atomic mass is 35.5. The van der Waals surface area contributed by atoms with Crippen LogP contribution >= 0.6 is 11.6 Å². The van der Waals surface area contributed by atoms with Gasteiger partial charge in [-0.2, -0.15) is 0 Å². The molecule has 1 aliphatic heterocycles. The summed E-state index contributed by atoms with van der Waals surface area (Å²) < 4.78 is 34.5. The molecular formula is C21H25ClN2O4S. The topological polar surface area (TPSA) is 88.0 Å². The minimum Gasteiger partial charge on any atom is -0.457 e. The number of aliphatic hydroxyl groups is 1. The molecular weight excluding hydrogens is 412 g/mol. The van der Waals surface area contributed by atoms with Crippen LogP contribution in [-0.2, 0) is 21.2 Å². The monoisotopic (exact) mass is 436 g/mol. The molecule has 2 N–H and O–H groups in total. The highest BCUT2D eigenvalue weighted by molar-refractivity contribution is 7.90. The van der Waals surface area contributed by atoms with E-state index in [1.54, 1.807) is 26.0 Å². The number of sulfonamides is 1. The summed E-state index contributed by atoms with van der Waals surface area (Å²) in [5, 5.41) is 9.19. The third kappa shape index (κ3) is 5.29. The van der Waals surface area contributed by atoms with E-state index in [9.17, 15) is 13.5 Å². The maximum atomic E-state index is 13.0. The van der Waals surface area contributed by atoms with Crippen LogP contribution in [0.3, 0.4) is 0 Å². The average molecular weight is 437 g/mol. The van der Waals surface area contributed by atoms with Gasteiger partial charge in [-0.05, 0) is 49.9 Å². The molecule has 29 heavy (non-hydrogen) atoms. The zero-order valence-electron chi connectivity index (χ0n) is 16.4. The molecule has 0 aromatic heterocycles. The normalized spacial score (nSPS) is 22.5. The molecule has 1 heterocycles. The Bertz CT molecular complexity index is 960. The molecule has 2 aromatic carbocycles. The number of hydrogen-bond donors (Lipinski definition) is 2. The van der Waals surface area contributed by atoms with Gasteiger partial charge < -0.3 is 9.84 Å². The van der Waals surface area contributed by atoms with Gasteiger partial charge in [-0.15, -0.1) is 0 Å². The molecule has 0 saturated carbocycles. The number of nitrogens with zero attached hydrogens (tertiary/aromatic N) is 1. The van der Waals surface area contributed by atoms with Gasteiger partial charge in [0.05, 0.1) is 6.04 Å². The smallest absolute Gasteiger partial charge is 0.299 e. The maximum Gasteiger partial charge on any atom is 0.299 e. The standard InChI is InChI=1S/C21H25ClN2O4S/c1-21(2)19(14-15-8-10-17(22)11-9-15)29(26,27)24-20(28-21)23-18(12-13-25)16-6-4-3-5-7-16/h3-11,18-19,25H,12-14H2,1-2H3,(H,23,24). The highest BCUT2D eigenvalue weighted by Gasteiger charge is 2.47. The van der Waals surface area contributed by atoms with Crippen LogP contribution in [0.4, 0.5) is 0 Å². The number of ether oxygens (including phenoxy) is 1. The molecule has 156 valence electrons. The van der Waals surface area contributed by atoms with E-state index >= 15 is 0 Å². The summed E-state index contributed by atoms with van der Waals surface area (Å²) in [5.74, 6) is 0. The molecule has 2 atom stereocenters. The third-order valence-corrected chi connectivity index (χ3v) is 7.13. The molecule has 2 aromatic rings. The van der Waals surface area contributed by atoms with Crippen LogP contribution in [0.15, 0.2) is 59.6 Å². The lowest BCUT2D eigenvalue weighted by atomic mass is 9.97. The van der Waals surface area contributed by atoms with E-state index in [-0.39, 0.29) is 19.0 Å². The third-order valence-electron chi connectivity index (χ3n) is 4.93. The number of nitrogens with one attached hydrogen (secondary N) is 1. The quantitative estimate of drug-likeness (QED) is 0.725. The van der Waals surface area contributed by atoms with Crippen molar-refractivity contribution < 1.29 is 18.3 Å². The number of aliphatic hydroxyl groups excluding tert-OH is 1. The summed E-state index contributed by atoms with van der Waals surface area (Å²) in [5.41, 5.74) is 0.727. The van der Waals surface area contributed by atoms with Crippen LogP contribution in [0, 0.1) is 0 Å². The number of halogens is 1. The second kappa shape index (κ2) is 8.73. The largest absolute Gasteiger partial charge is 0.457 e. The van der Waals surface area contributed by atoms with E-state index in [0.717, 1.165) is 11.1 Å². The first-order chi connectivity index (χ1) is 13.7. The first-order valence-electron chi connectivity index (χ1n) is 9.40. The van der Waals surface area contributed by atoms with Gasteiger partial charge in [-0.3, -0.25) is 0 Å². The Morgan fingerprint density at radius 1 is 1.17 bits per heavy atom. The number of rotatable bonds is 6. The van der Waals surface area contributed by atoms with Crippen LogP contribution in [-0.4, -0.2) is 37.0 Å². The summed E-state index contributed by atoms with van der Waals surface area (Å²) in [6, 6.07) is 16.0. The SMILES string of the molecule is CC1(C)OC(=NC(CCO)c2ccccc2)NS(=O)(=O)C1Cc1ccc(Cl)cc1. The molecule has 3 rings (SSSR count). The molecule has 2 unspecified atom stereocenters. The lowest BCUT2D eigenvalue weighted by molar-refractivity contribution is 0.0759. The van der Waals surface area contributed by atoms with Crippen molar-refractivity contribution in [1.82, 2.24) is 4.72 Å². The highest BCUT2D eigenvalue weighted by Crippen LogP contribution is 2.30. The summed E-state index contributed by atoms with van der Waals surface area (Å²) in [6.07, 6.45) is 0.638. The van der Waals surface area contributed by atoms with Crippen molar-refractivity contribution >= 4 is 27.6 Å². The summed E-state index contributed by atoms with van der Waals surface area (Å²) in [7, 11) is -3.73. The van der Waals surface area contributed by atoms with Gasteiger partial charge in [0.1, 0.15) is 10.9 Å². The van der Waals surface area contributed by atoms with E-state index in [0.29, 0.717) is 11.4 Å². The predicted octanol–water partition coefficient (Wildman–Crippen LogP) is 3.46. The number of hydrogen-bond acceptors (Lipinski definition) is 5. The maximum absolute atomic E-state index is 13.0. The molecule has 0 spiro atoms.